The van der Waals surface area contributed by atoms with Crippen LogP contribution in [-0.2, 0) is 10.0 Å². The van der Waals surface area contributed by atoms with Crippen LogP contribution in [0.3, 0.4) is 0 Å². The first-order valence-corrected chi connectivity index (χ1v) is 9.20. The molecule has 0 unspecified atom stereocenters. The molecular formula is C17H15F3N2O3S. The lowest BCUT2D eigenvalue weighted by Crippen LogP contribution is -2.37. The van der Waals surface area contributed by atoms with Crippen LogP contribution in [0.2, 0.25) is 0 Å². The molecule has 138 valence electrons. The maximum absolute atomic E-state index is 13.3. The van der Waals surface area contributed by atoms with Gasteiger partial charge >= 0.3 is 0 Å². The highest BCUT2D eigenvalue weighted by molar-refractivity contribution is 7.92. The lowest BCUT2D eigenvalue weighted by molar-refractivity contribution is -0.103. The Bertz CT molecular complexity index is 958. The van der Waals surface area contributed by atoms with E-state index in [0.29, 0.717) is 16.7 Å². The molecule has 1 heterocycles. The summed E-state index contributed by atoms with van der Waals surface area (Å²) in [5.74, 6) is -4.14. The fraction of sp³-hybridized carbons (Fsp3) is 0.235. The standard InChI is InChI=1S/C17H15F3N2O3S/c1-2-26(24,25)21-16(23)12-7-15(11-3-5-13(18)6-4-11)22(10-12)14-8-17(19,20)9-14/h2-7,10,14H,1,8-9H2,(H,21,23). The second-order valence-electron chi connectivity index (χ2n) is 6.09. The van der Waals surface area contributed by atoms with Gasteiger partial charge in [-0.1, -0.05) is 6.58 Å². The van der Waals surface area contributed by atoms with Gasteiger partial charge in [-0.3, -0.25) is 4.79 Å². The van der Waals surface area contributed by atoms with E-state index in [2.05, 4.69) is 6.58 Å². The summed E-state index contributed by atoms with van der Waals surface area (Å²) in [7, 11) is -3.99. The first kappa shape index (κ1) is 18.2. The summed E-state index contributed by atoms with van der Waals surface area (Å²) in [6.45, 7) is 3.10. The highest BCUT2D eigenvalue weighted by Crippen LogP contribution is 2.47. The molecule has 0 atom stereocenters. The van der Waals surface area contributed by atoms with Crippen LogP contribution in [0.1, 0.15) is 29.2 Å². The van der Waals surface area contributed by atoms with E-state index < -0.39 is 33.7 Å². The summed E-state index contributed by atoms with van der Waals surface area (Å²) in [6, 6.07) is 6.19. The SMILES string of the molecule is C=CS(=O)(=O)NC(=O)c1cc(-c2ccc(F)cc2)n(C2CC(F)(F)C2)c1. The van der Waals surface area contributed by atoms with Crippen molar-refractivity contribution in [3.63, 3.8) is 0 Å². The average molecular weight is 384 g/mol. The van der Waals surface area contributed by atoms with Gasteiger partial charge in [0.1, 0.15) is 5.82 Å². The van der Waals surface area contributed by atoms with Crippen molar-refractivity contribution in [1.29, 1.82) is 0 Å². The molecule has 9 heteroatoms. The van der Waals surface area contributed by atoms with Crippen LogP contribution in [0.5, 0.6) is 0 Å². The third-order valence-corrected chi connectivity index (χ3v) is 5.08. The minimum Gasteiger partial charge on any atom is -0.343 e. The number of sulfonamides is 1. The molecule has 1 aliphatic rings. The molecule has 2 aromatic rings. The number of hydrogen-bond donors (Lipinski definition) is 1. The number of rotatable bonds is 5. The van der Waals surface area contributed by atoms with Gasteiger partial charge in [0, 0.05) is 36.2 Å². The predicted molar refractivity (Wildman–Crippen MR) is 89.6 cm³/mol. The van der Waals surface area contributed by atoms with Crippen molar-refractivity contribution in [1.82, 2.24) is 9.29 Å². The molecule has 26 heavy (non-hydrogen) atoms. The summed E-state index contributed by atoms with van der Waals surface area (Å²) in [5, 5.41) is 0.593. The lowest BCUT2D eigenvalue weighted by atomic mass is 9.87. The number of nitrogens with zero attached hydrogens (tertiary/aromatic N) is 1. The summed E-state index contributed by atoms with van der Waals surface area (Å²) < 4.78 is 65.9. The van der Waals surface area contributed by atoms with Crippen molar-refractivity contribution in [2.24, 2.45) is 0 Å². The molecule has 1 aromatic carbocycles. The number of aromatic nitrogens is 1. The summed E-state index contributed by atoms with van der Waals surface area (Å²) in [5.41, 5.74) is 0.934. The fourth-order valence-electron chi connectivity index (χ4n) is 2.81. The molecule has 0 saturated heterocycles. The monoisotopic (exact) mass is 384 g/mol. The molecule has 5 nitrogen and oxygen atoms in total. The van der Waals surface area contributed by atoms with E-state index in [1.165, 1.54) is 41.1 Å². The minimum atomic E-state index is -3.99. The van der Waals surface area contributed by atoms with Crippen LogP contribution in [-0.4, -0.2) is 24.8 Å². The maximum atomic E-state index is 13.3. The molecule has 1 N–H and O–H groups in total. The Balaban J connectivity index is 1.99. The molecule has 1 aliphatic carbocycles. The second-order valence-corrected chi connectivity index (χ2v) is 7.72. The summed E-state index contributed by atoms with van der Waals surface area (Å²) >= 11 is 0. The normalized spacial score (nSPS) is 16.7. The molecule has 1 aromatic heterocycles. The highest BCUT2D eigenvalue weighted by Gasteiger charge is 2.46. The van der Waals surface area contributed by atoms with Crippen molar-refractivity contribution in [3.8, 4) is 11.3 Å². The molecule has 0 radical (unpaired) electrons. The van der Waals surface area contributed by atoms with Gasteiger partial charge < -0.3 is 4.57 Å². The molecule has 0 aliphatic heterocycles. The van der Waals surface area contributed by atoms with Gasteiger partial charge in [-0.25, -0.2) is 26.3 Å². The van der Waals surface area contributed by atoms with E-state index >= 15 is 0 Å². The van der Waals surface area contributed by atoms with E-state index in [9.17, 15) is 26.4 Å². The number of benzene rings is 1. The number of halogens is 3. The van der Waals surface area contributed by atoms with Crippen molar-refractivity contribution >= 4 is 15.9 Å². The van der Waals surface area contributed by atoms with Gasteiger partial charge in [-0.15, -0.1) is 0 Å². The molecule has 1 amide bonds. The maximum Gasteiger partial charge on any atom is 0.266 e. The summed E-state index contributed by atoms with van der Waals surface area (Å²) in [4.78, 5) is 12.2. The van der Waals surface area contributed by atoms with Crippen LogP contribution in [0.25, 0.3) is 11.3 Å². The average Bonchev–Trinajstić information content (AvgIpc) is 2.98. The zero-order valence-corrected chi connectivity index (χ0v) is 14.3. The van der Waals surface area contributed by atoms with Crippen molar-refractivity contribution < 1.29 is 26.4 Å². The summed E-state index contributed by atoms with van der Waals surface area (Å²) in [6.07, 6.45) is 0.552. The number of hydrogen-bond acceptors (Lipinski definition) is 3. The van der Waals surface area contributed by atoms with E-state index in [4.69, 9.17) is 0 Å². The Kier molecular flexibility index (Phi) is 4.43. The number of carbonyl (C=O) groups excluding carboxylic acids is 1. The Morgan fingerprint density at radius 2 is 1.88 bits per heavy atom. The van der Waals surface area contributed by atoms with Crippen molar-refractivity contribution in [2.75, 3.05) is 0 Å². The topological polar surface area (TPSA) is 68.2 Å². The molecule has 0 spiro atoms. The van der Waals surface area contributed by atoms with Crippen LogP contribution >= 0.6 is 0 Å². The Morgan fingerprint density at radius 3 is 2.42 bits per heavy atom. The highest BCUT2D eigenvalue weighted by atomic mass is 32.2. The van der Waals surface area contributed by atoms with Gasteiger partial charge in [0.15, 0.2) is 0 Å². The van der Waals surface area contributed by atoms with E-state index in [1.54, 1.807) is 0 Å². The fourth-order valence-corrected chi connectivity index (χ4v) is 3.27. The number of nitrogens with one attached hydrogen (secondary N) is 1. The van der Waals surface area contributed by atoms with Crippen LogP contribution in [0.15, 0.2) is 48.5 Å². The Morgan fingerprint density at radius 1 is 1.27 bits per heavy atom. The molecule has 1 fully saturated rings. The van der Waals surface area contributed by atoms with Gasteiger partial charge in [0.25, 0.3) is 21.9 Å². The van der Waals surface area contributed by atoms with E-state index in [0.717, 1.165) is 0 Å². The molecule has 1 saturated carbocycles. The third-order valence-electron chi connectivity index (χ3n) is 4.17. The van der Waals surface area contributed by atoms with Crippen LogP contribution in [0.4, 0.5) is 13.2 Å². The first-order chi connectivity index (χ1) is 12.1. The minimum absolute atomic E-state index is 0.00929. The second kappa shape index (κ2) is 6.31. The van der Waals surface area contributed by atoms with Crippen molar-refractivity contribution in [3.05, 3.63) is 59.9 Å². The molecular weight excluding hydrogens is 369 g/mol. The van der Waals surface area contributed by atoms with Crippen LogP contribution in [0, 0.1) is 5.82 Å². The number of alkyl halides is 2. The molecule has 3 rings (SSSR count). The van der Waals surface area contributed by atoms with Gasteiger partial charge in [0.05, 0.1) is 5.56 Å². The van der Waals surface area contributed by atoms with Gasteiger partial charge in [-0.05, 0) is 35.9 Å². The lowest BCUT2D eigenvalue weighted by Gasteiger charge is -2.37. The van der Waals surface area contributed by atoms with Crippen molar-refractivity contribution in [2.45, 2.75) is 24.8 Å². The van der Waals surface area contributed by atoms with E-state index in [1.807, 2.05) is 4.72 Å². The zero-order valence-electron chi connectivity index (χ0n) is 13.5. The van der Waals surface area contributed by atoms with E-state index in [-0.39, 0.29) is 18.4 Å². The first-order valence-electron chi connectivity index (χ1n) is 7.65. The van der Waals surface area contributed by atoms with Gasteiger partial charge in [0.2, 0.25) is 0 Å². The zero-order chi connectivity index (χ0) is 19.1. The van der Waals surface area contributed by atoms with Gasteiger partial charge in [-0.2, -0.15) is 0 Å². The predicted octanol–water partition coefficient (Wildman–Crippen LogP) is 3.47. The smallest absolute Gasteiger partial charge is 0.266 e. The molecule has 0 bridgehead atoms. The quantitative estimate of drug-likeness (QED) is 0.858. The number of carbonyl (C=O) groups is 1. The van der Waals surface area contributed by atoms with Crippen LogP contribution < -0.4 is 4.72 Å². The Labute approximate surface area is 148 Å². The Hall–Kier alpha value is -2.55. The largest absolute Gasteiger partial charge is 0.343 e. The third kappa shape index (κ3) is 3.67. The number of amides is 1.